The number of nitrogens with zero attached hydrogens (tertiary/aromatic N) is 1. The zero-order chi connectivity index (χ0) is 110. The lowest BCUT2D eigenvalue weighted by Crippen LogP contribution is -2.35. The molecule has 798 valence electrons. The molecule has 0 spiro atoms. The minimum atomic E-state index is -3.07. The predicted molar refractivity (Wildman–Crippen MR) is 573 cm³/mol. The lowest BCUT2D eigenvalue weighted by atomic mass is 9.98. The van der Waals surface area contributed by atoms with Crippen LogP contribution >= 0.6 is 65.1 Å². The molecule has 0 bridgehead atoms. The largest absolute Gasteiger partial charge is 0.335 e. The Morgan fingerprint density at radius 3 is 1.27 bits per heavy atom. The van der Waals surface area contributed by atoms with Gasteiger partial charge in [0.2, 0.25) is 5.82 Å². The normalized spacial score (nSPS) is 13.0. The van der Waals surface area contributed by atoms with Gasteiger partial charge in [0.05, 0.1) is 89.3 Å². The first-order valence-corrected chi connectivity index (χ1v) is 52.0. The Labute approximate surface area is 879 Å². The molecule has 3 heterocycles. The van der Waals surface area contributed by atoms with Crippen molar-refractivity contribution in [1.29, 1.82) is 0 Å². The van der Waals surface area contributed by atoms with E-state index in [1.54, 1.807) is 125 Å². The van der Waals surface area contributed by atoms with Crippen molar-refractivity contribution in [3.8, 4) is 0 Å². The van der Waals surface area contributed by atoms with E-state index in [0.717, 1.165) is 89.1 Å². The number of carbonyl (C=O) groups excluding carboxylic acids is 9. The van der Waals surface area contributed by atoms with Gasteiger partial charge in [-0.3, -0.25) is 52.7 Å². The molecule has 0 unspecified atom stereocenters. The summed E-state index contributed by atoms with van der Waals surface area (Å²) in [6.45, 7) is 18.0. The van der Waals surface area contributed by atoms with Crippen LogP contribution in [0.15, 0.2) is 186 Å². The van der Waals surface area contributed by atoms with E-state index in [4.69, 9.17) is 43.9 Å². The average Bonchev–Trinajstić information content (AvgIpc) is 1.76. The molecule has 147 heavy (non-hydrogen) atoms. The van der Waals surface area contributed by atoms with Crippen molar-refractivity contribution in [3.63, 3.8) is 0 Å². The summed E-state index contributed by atoms with van der Waals surface area (Å²) in [7, 11) is 12.4. The minimum Gasteiger partial charge on any atom is -0.310 e. The van der Waals surface area contributed by atoms with Gasteiger partial charge in [-0.15, -0.1) is 11.3 Å². The summed E-state index contributed by atoms with van der Waals surface area (Å²) >= 11 is 21.1. The number of hydrogen-bond donors (Lipinski definition) is 9. The van der Waals surface area contributed by atoms with Gasteiger partial charge in [-0.2, -0.15) is 11.3 Å². The van der Waals surface area contributed by atoms with E-state index in [1.165, 1.54) is 77.0 Å². The summed E-state index contributed by atoms with van der Waals surface area (Å²) in [6.07, 6.45) is 7.64. The molecule has 0 aliphatic heterocycles. The van der Waals surface area contributed by atoms with Crippen molar-refractivity contribution in [2.75, 3.05) is 76.6 Å². The highest BCUT2D eigenvalue weighted by atomic mass is 35.5. The van der Waals surface area contributed by atoms with E-state index >= 15 is 0 Å². The highest BCUT2D eigenvalue weighted by Crippen LogP contribution is 2.51. The zero-order valence-corrected chi connectivity index (χ0v) is 91.2. The first kappa shape index (κ1) is 129. The lowest BCUT2D eigenvalue weighted by Gasteiger charge is -2.17. The lowest BCUT2D eigenvalue weighted by molar-refractivity contribution is -0.119. The van der Waals surface area contributed by atoms with E-state index in [-0.39, 0.29) is 94.7 Å². The number of hydrogen-bond acceptors (Lipinski definition) is 24. The van der Waals surface area contributed by atoms with Gasteiger partial charge in [-0.1, -0.05) is 126 Å². The number of para-hydroxylation sites is 1. The van der Waals surface area contributed by atoms with Gasteiger partial charge in [0.1, 0.15) is 63.7 Å². The van der Waals surface area contributed by atoms with Crippen LogP contribution in [0.1, 0.15) is 144 Å². The summed E-state index contributed by atoms with van der Waals surface area (Å²) in [5, 5.41) is 36.6. The molecule has 9 N–H and O–H groups in total. The number of pyridine rings is 1. The molecule has 0 amide bonds. The van der Waals surface area contributed by atoms with Crippen molar-refractivity contribution < 1.29 is 96.3 Å². The van der Waals surface area contributed by atoms with Gasteiger partial charge in [0.25, 0.3) is 0 Å². The van der Waals surface area contributed by atoms with Crippen LogP contribution in [0, 0.1) is 52.4 Å². The molecule has 3 aromatic heterocycles. The molecule has 11 aromatic rings. The first-order chi connectivity index (χ1) is 69.6. The smallest absolute Gasteiger partial charge is 0.310 e. The van der Waals surface area contributed by atoms with Crippen molar-refractivity contribution in [1.82, 2.24) is 52.8 Å². The number of nitrogens with one attached hydrogen (secondary N) is 9. The fourth-order valence-electron chi connectivity index (χ4n) is 14.9. The van der Waals surface area contributed by atoms with Gasteiger partial charge < -0.3 is 56.9 Å². The van der Waals surface area contributed by atoms with E-state index in [9.17, 15) is 87.2 Å². The Kier molecular flexibility index (Phi) is 58.7. The third kappa shape index (κ3) is 44.4. The number of likely N-dealkylation sites (N-methyl/N-ethyl adjacent to an activating group) is 9. The first-order valence-electron chi connectivity index (χ1n) is 47.3. The Morgan fingerprint density at radius 2 is 0.796 bits per heavy atom. The molecule has 1 aliphatic carbocycles. The fraction of sp³-hybridized carbons (Fsp3) is 0.382. The highest BCUT2D eigenvalue weighted by Gasteiger charge is 2.30. The second-order valence-corrected chi connectivity index (χ2v) is 39.3. The van der Waals surface area contributed by atoms with Crippen LogP contribution in [-0.4, -0.2) is 188 Å². The number of fused-ring (bicyclic) bond motifs is 3. The number of benzene rings is 8. The van der Waals surface area contributed by atoms with Gasteiger partial charge in [0, 0.05) is 45.3 Å². The van der Waals surface area contributed by atoms with E-state index in [2.05, 4.69) is 87.9 Å². The van der Waals surface area contributed by atoms with E-state index in [1.807, 2.05) is 124 Å². The number of allylic oxidation sites excluding steroid dienone is 1. The molecule has 0 radical (unpaired) electrons. The monoisotopic (exact) mass is 2160 g/mol. The Hall–Kier alpha value is -10.4. The predicted octanol–water partition coefficient (Wildman–Crippen LogP) is 20.2. The SMILES string of the molecule is CCOP(=O)(Cc1ccc(C[C@H](NC)C(C)=O)cc1)OCC.CN[C@@H](CC1=CCc2cc(Cl)ccc21)C(C)=O.CN[C@@H](Cc1c(F)c(F)c(F)c(F)c1F)C(C)=O.CN[C@@H](Cc1cc(F)cc(F)c1)C(C)=O.CN[C@@H](Cc1ccc(Cl)c(Cl)c1)C(C)=O.CN[C@@H](Cc1ccc(F)c(F)c1)C(C)=O.CN[C@@H](Cc1ccc2ccccc2n1)C(C)=O.CN[C@@H](Cc1ccsc1)C(C)=O.CN[C@@H](Cc1csc2ccccc12)C(C)=O. The number of rotatable bonds is 42. The standard InChI is InChI=1S/C16H26NO4P.C14H16ClNO.C14H16N2O.C13H15NOS.C11H13Cl2NO.C11H10F5NO.2C11H13F2NO.C9H13NOS/c1-5-20-22(19,21-6-2)12-15-9-7-14(8-10-15)11-16(17-4)13(3)18;1-9(17)14(16-2)8-11-4-3-10-7-12(15)5-6-13(10)11;1-10(17)14(15-2)9-12-8-7-11-5-3-4-6-13(11)16-12;1-9(15)12(14-2)7-10-8-16-13-6-4-3-5-11(10)13;1-7(15)11(14-2)6-8-3-4-9(12)10(13)5-8;1-4(18)6(17-2)3-5-7(12)9(14)11(16)10(15)8(5)13;1-7(15)11(14-2)5-8-3-9(12)6-10(13)4-8;1-7(15)11(14-2)6-8-3-4-9(12)10(13)5-8;1-7(11)9(10-2)5-8-3-4-12-6-8/h7-10,16-17H,5-6,11-12H2,1-4H3;4-7,14,16H,3,8H2,1-2H3;3-8,14-15H,9H2,1-2H3;3-6,8,12,14H,7H2,1-2H3;3-5,11,14H,6H2,1-2H3;6,17H,3H2,1-2H3;3-4,6,11,14H,5H2,1-2H3;3-5,11,14H,6H2,1-2H3;3-4,6,9-10H,5H2,1-2H3/t16-;2*14-;12-;11-;6-;2*11-;9-/m000000000/s1. The van der Waals surface area contributed by atoms with Crippen LogP contribution in [0.4, 0.5) is 39.5 Å². The third-order valence-electron chi connectivity index (χ3n) is 23.4. The molecule has 0 saturated carbocycles. The van der Waals surface area contributed by atoms with Gasteiger partial charge >= 0.3 is 7.60 Å². The maximum absolute atomic E-state index is 13.3. The Bertz CT molecular complexity index is 6080. The van der Waals surface area contributed by atoms with Crippen LogP contribution in [0.5, 0.6) is 0 Å². The van der Waals surface area contributed by atoms with Crippen molar-refractivity contribution in [2.24, 2.45) is 0 Å². The fourth-order valence-corrected chi connectivity index (χ4v) is 18.8. The molecule has 0 fully saturated rings. The minimum absolute atomic E-state index is 0.0257. The van der Waals surface area contributed by atoms with Crippen LogP contribution in [-0.2, 0) is 121 Å². The second kappa shape index (κ2) is 66.9. The molecule has 9 atom stereocenters. The number of carbonyl (C=O) groups is 9. The van der Waals surface area contributed by atoms with Crippen molar-refractivity contribution in [3.05, 3.63) is 315 Å². The Balaban J connectivity index is 0.000000346. The van der Waals surface area contributed by atoms with Crippen LogP contribution in [0.25, 0.3) is 26.6 Å². The van der Waals surface area contributed by atoms with E-state index in [0.29, 0.717) is 66.5 Å². The number of halogens is 12. The van der Waals surface area contributed by atoms with E-state index < -0.39 is 89.8 Å². The Morgan fingerprint density at radius 1 is 0.381 bits per heavy atom. The van der Waals surface area contributed by atoms with Gasteiger partial charge in [0.15, 0.2) is 34.9 Å². The molecule has 1 aliphatic rings. The molecule has 12 rings (SSSR count). The number of thiophene rings is 2. The maximum atomic E-state index is 13.3. The molecule has 22 nitrogen and oxygen atoms in total. The third-order valence-corrected chi connectivity index (χ3v) is 28.2. The van der Waals surface area contributed by atoms with Crippen LogP contribution in [0.2, 0.25) is 15.1 Å². The van der Waals surface area contributed by atoms with Gasteiger partial charge in [-0.05, 0) is 341 Å². The van der Waals surface area contributed by atoms with Gasteiger partial charge in [-0.25, -0.2) is 39.5 Å². The quantitative estimate of drug-likeness (QED) is 0.00743. The summed E-state index contributed by atoms with van der Waals surface area (Å²) < 4.78 is 141. The molecular formula is C110H135Cl3F9N10O12PS2. The summed E-state index contributed by atoms with van der Waals surface area (Å²) in [5.41, 5.74) is 11.2. The summed E-state index contributed by atoms with van der Waals surface area (Å²) in [4.78, 5) is 106. The average molecular weight is 2160 g/mol. The van der Waals surface area contributed by atoms with Crippen molar-refractivity contribution in [2.45, 2.75) is 201 Å². The second-order valence-electron chi connectivity index (χ2n) is 34.3. The number of Topliss-reactive ketones (excluding diaryl/α,β-unsaturated/α-hetero) is 9. The topological polar surface area (TPSA) is 310 Å². The maximum Gasteiger partial charge on any atom is 0.335 e. The molecule has 37 heteroatoms. The zero-order valence-electron chi connectivity index (χ0n) is 86.4. The highest BCUT2D eigenvalue weighted by molar-refractivity contribution is 7.53. The summed E-state index contributed by atoms with van der Waals surface area (Å²) in [5.74, 6) is -12.7. The number of ketones is 9. The molecule has 0 saturated heterocycles. The molecular weight excluding hydrogens is 2030 g/mol. The summed E-state index contributed by atoms with van der Waals surface area (Å²) in [6, 6.07) is 46.0. The molecule has 8 aromatic carbocycles. The number of aromatic nitrogens is 1. The van der Waals surface area contributed by atoms with Crippen LogP contribution < -0.4 is 47.9 Å². The van der Waals surface area contributed by atoms with Crippen LogP contribution in [0.3, 0.4) is 0 Å². The van der Waals surface area contributed by atoms with Crippen molar-refractivity contribution >= 4 is 144 Å².